The number of carboxylic acids is 1. The lowest BCUT2D eigenvalue weighted by Crippen LogP contribution is -2.43. The molecule has 3 unspecified atom stereocenters. The van der Waals surface area contributed by atoms with Crippen LogP contribution in [0, 0.1) is 23.5 Å². The molecule has 2 aliphatic rings. The molecule has 0 bridgehead atoms. The number of aliphatic carboxylic acids is 1. The van der Waals surface area contributed by atoms with E-state index < -0.39 is 23.6 Å². The fourth-order valence-electron chi connectivity index (χ4n) is 4.16. The Bertz CT molecular complexity index is 649. The Hall–Kier alpha value is -1.98. The van der Waals surface area contributed by atoms with E-state index in [9.17, 15) is 23.5 Å². The van der Waals surface area contributed by atoms with Crippen molar-refractivity contribution in [3.8, 4) is 0 Å². The van der Waals surface area contributed by atoms with Gasteiger partial charge in [-0.25, -0.2) is 13.6 Å². The lowest BCUT2D eigenvalue weighted by atomic mass is 9.94. The van der Waals surface area contributed by atoms with Crippen LogP contribution in [-0.4, -0.2) is 34.5 Å². The maximum atomic E-state index is 13.2. The fourth-order valence-corrected chi connectivity index (χ4v) is 4.16. The molecule has 1 saturated heterocycles. The fraction of sp³-hybridized carbons (Fsp3) is 0.556. The number of benzene rings is 1. The molecule has 0 spiro atoms. The highest BCUT2D eigenvalue weighted by Gasteiger charge is 2.49. The number of carbonyl (C=O) groups is 2. The number of rotatable bonds is 5. The number of halogens is 2. The molecule has 1 aliphatic carbocycles. The third-order valence-corrected chi connectivity index (χ3v) is 5.30. The molecule has 1 amide bonds. The van der Waals surface area contributed by atoms with Gasteiger partial charge in [0.15, 0.2) is 11.6 Å². The predicted octanol–water partition coefficient (Wildman–Crippen LogP) is 3.00. The summed E-state index contributed by atoms with van der Waals surface area (Å²) in [5, 5.41) is 9.47. The predicted molar refractivity (Wildman–Crippen MR) is 83.3 cm³/mol. The lowest BCUT2D eigenvalue weighted by molar-refractivity contribution is -0.149. The van der Waals surface area contributed by atoms with Crippen molar-refractivity contribution in [3.63, 3.8) is 0 Å². The van der Waals surface area contributed by atoms with E-state index in [1.54, 1.807) is 0 Å². The standard InChI is InChI=1S/C18H21F2NO3/c19-14-8-7-11(9-15(14)20)3-1-6-16(22)21-10-12-4-2-5-13(12)17(21)18(23)24/h7-9,12-13,17H,1-6,10H2,(H,23,24). The van der Waals surface area contributed by atoms with Gasteiger partial charge in [-0.3, -0.25) is 4.79 Å². The summed E-state index contributed by atoms with van der Waals surface area (Å²) in [4.78, 5) is 25.5. The largest absolute Gasteiger partial charge is 0.480 e. The van der Waals surface area contributed by atoms with Crippen LogP contribution in [0.1, 0.15) is 37.7 Å². The summed E-state index contributed by atoms with van der Waals surface area (Å²) in [5.41, 5.74) is 0.634. The first-order valence-corrected chi connectivity index (χ1v) is 8.43. The third-order valence-electron chi connectivity index (χ3n) is 5.30. The first kappa shape index (κ1) is 16.9. The number of hydrogen-bond donors (Lipinski definition) is 1. The summed E-state index contributed by atoms with van der Waals surface area (Å²) in [6.07, 6.45) is 4.08. The number of carboxylic acid groups (broad SMARTS) is 1. The zero-order valence-corrected chi connectivity index (χ0v) is 13.4. The Kier molecular flexibility index (Phi) is 4.83. The smallest absolute Gasteiger partial charge is 0.326 e. The van der Waals surface area contributed by atoms with Gasteiger partial charge in [0.25, 0.3) is 0 Å². The van der Waals surface area contributed by atoms with Gasteiger partial charge in [-0.15, -0.1) is 0 Å². The van der Waals surface area contributed by atoms with Gasteiger partial charge < -0.3 is 10.0 Å². The number of nitrogens with zero attached hydrogens (tertiary/aromatic N) is 1. The molecule has 4 nitrogen and oxygen atoms in total. The Balaban J connectivity index is 1.56. The van der Waals surface area contributed by atoms with Crippen molar-refractivity contribution >= 4 is 11.9 Å². The van der Waals surface area contributed by atoms with Crippen molar-refractivity contribution in [2.75, 3.05) is 6.54 Å². The van der Waals surface area contributed by atoms with E-state index in [0.29, 0.717) is 30.9 Å². The van der Waals surface area contributed by atoms with Crippen molar-refractivity contribution < 1.29 is 23.5 Å². The molecule has 3 rings (SSSR count). The van der Waals surface area contributed by atoms with Crippen molar-refractivity contribution in [1.82, 2.24) is 4.90 Å². The molecule has 130 valence electrons. The summed E-state index contributed by atoms with van der Waals surface area (Å²) >= 11 is 0. The molecule has 24 heavy (non-hydrogen) atoms. The van der Waals surface area contributed by atoms with E-state index in [0.717, 1.165) is 31.4 Å². The van der Waals surface area contributed by atoms with Crippen LogP contribution in [0.15, 0.2) is 18.2 Å². The summed E-state index contributed by atoms with van der Waals surface area (Å²) in [5.74, 6) is -2.46. The minimum atomic E-state index is -0.918. The minimum absolute atomic E-state index is 0.0812. The van der Waals surface area contributed by atoms with Crippen molar-refractivity contribution in [1.29, 1.82) is 0 Å². The Morgan fingerprint density at radius 1 is 1.21 bits per heavy atom. The van der Waals surface area contributed by atoms with Crippen molar-refractivity contribution in [2.24, 2.45) is 11.8 Å². The second-order valence-electron chi connectivity index (χ2n) is 6.79. The molecule has 1 aliphatic heterocycles. The highest BCUT2D eigenvalue weighted by atomic mass is 19.2. The van der Waals surface area contributed by atoms with Gasteiger partial charge in [0.05, 0.1) is 0 Å². The van der Waals surface area contributed by atoms with E-state index in [1.807, 2.05) is 0 Å². The summed E-state index contributed by atoms with van der Waals surface area (Å²) < 4.78 is 26.1. The highest BCUT2D eigenvalue weighted by Crippen LogP contribution is 2.42. The molecule has 0 radical (unpaired) electrons. The summed E-state index contributed by atoms with van der Waals surface area (Å²) in [7, 11) is 0. The van der Waals surface area contributed by atoms with Crippen molar-refractivity contribution in [3.05, 3.63) is 35.4 Å². The number of likely N-dealkylation sites (tertiary alicyclic amines) is 1. The summed E-state index contributed by atoms with van der Waals surface area (Å²) in [6.45, 7) is 0.533. The van der Waals surface area contributed by atoms with Gasteiger partial charge in [0.2, 0.25) is 5.91 Å². The average Bonchev–Trinajstić information content (AvgIpc) is 3.10. The number of amides is 1. The van der Waals surface area contributed by atoms with Gasteiger partial charge in [0, 0.05) is 13.0 Å². The molecule has 6 heteroatoms. The Morgan fingerprint density at radius 3 is 2.71 bits per heavy atom. The van der Waals surface area contributed by atoms with Gasteiger partial charge >= 0.3 is 5.97 Å². The lowest BCUT2D eigenvalue weighted by Gasteiger charge is -2.24. The van der Waals surface area contributed by atoms with Crippen LogP contribution < -0.4 is 0 Å². The Morgan fingerprint density at radius 2 is 2.00 bits per heavy atom. The minimum Gasteiger partial charge on any atom is -0.480 e. The molecule has 1 heterocycles. The maximum absolute atomic E-state index is 13.2. The Labute approximate surface area is 139 Å². The quantitative estimate of drug-likeness (QED) is 0.899. The third kappa shape index (κ3) is 3.28. The zero-order chi connectivity index (χ0) is 17.3. The normalized spacial score (nSPS) is 25.8. The van der Waals surface area contributed by atoms with Crippen LogP contribution in [0.4, 0.5) is 8.78 Å². The van der Waals surface area contributed by atoms with Gasteiger partial charge in [-0.1, -0.05) is 12.5 Å². The molecule has 1 aromatic rings. The number of hydrogen-bond acceptors (Lipinski definition) is 2. The first-order valence-electron chi connectivity index (χ1n) is 8.43. The van der Waals surface area contributed by atoms with Crippen LogP contribution >= 0.6 is 0 Å². The number of aryl methyl sites for hydroxylation is 1. The molecule has 0 aromatic heterocycles. The molecule has 2 fully saturated rings. The molecule has 1 aromatic carbocycles. The highest BCUT2D eigenvalue weighted by molar-refractivity contribution is 5.84. The van der Waals surface area contributed by atoms with Gasteiger partial charge in [-0.05, 0) is 55.2 Å². The van der Waals surface area contributed by atoms with Crippen LogP contribution in [0.2, 0.25) is 0 Å². The van der Waals surface area contributed by atoms with E-state index in [2.05, 4.69) is 0 Å². The van der Waals surface area contributed by atoms with E-state index in [4.69, 9.17) is 0 Å². The van der Waals surface area contributed by atoms with Crippen LogP contribution in [0.5, 0.6) is 0 Å². The SMILES string of the molecule is O=C(O)C1C2CCCC2CN1C(=O)CCCc1ccc(F)c(F)c1. The molecule has 3 atom stereocenters. The first-order chi connectivity index (χ1) is 11.5. The molecule has 1 N–H and O–H groups in total. The van der Waals surface area contributed by atoms with Crippen LogP contribution in [-0.2, 0) is 16.0 Å². The van der Waals surface area contributed by atoms with Crippen LogP contribution in [0.25, 0.3) is 0 Å². The maximum Gasteiger partial charge on any atom is 0.326 e. The van der Waals surface area contributed by atoms with E-state index >= 15 is 0 Å². The zero-order valence-electron chi connectivity index (χ0n) is 13.4. The number of fused-ring (bicyclic) bond motifs is 1. The molecular weight excluding hydrogens is 316 g/mol. The topological polar surface area (TPSA) is 57.6 Å². The van der Waals surface area contributed by atoms with Gasteiger partial charge in [-0.2, -0.15) is 0 Å². The van der Waals surface area contributed by atoms with Gasteiger partial charge in [0.1, 0.15) is 6.04 Å². The number of carbonyl (C=O) groups excluding carboxylic acids is 1. The van der Waals surface area contributed by atoms with Crippen LogP contribution in [0.3, 0.4) is 0 Å². The second kappa shape index (κ2) is 6.87. The van der Waals surface area contributed by atoms with E-state index in [-0.39, 0.29) is 18.2 Å². The second-order valence-corrected chi connectivity index (χ2v) is 6.79. The molecular formula is C18H21F2NO3. The van der Waals surface area contributed by atoms with Crippen molar-refractivity contribution in [2.45, 2.75) is 44.6 Å². The molecule has 1 saturated carbocycles. The monoisotopic (exact) mass is 337 g/mol. The summed E-state index contributed by atoms with van der Waals surface area (Å²) in [6, 6.07) is 3.02. The van der Waals surface area contributed by atoms with E-state index in [1.165, 1.54) is 11.0 Å². The average molecular weight is 337 g/mol.